The fourth-order valence-corrected chi connectivity index (χ4v) is 5.71. The first-order chi connectivity index (χ1) is 16.1. The maximum atomic E-state index is 12.8. The molecule has 2 atom stereocenters. The molecular formula is C19H25N7O5S3. The number of β-lactam (4-membered cyclic amide) rings is 1. The number of hydrogen-bond donors (Lipinski definition) is 3. The Morgan fingerprint density at radius 3 is 2.79 bits per heavy atom. The van der Waals surface area contributed by atoms with Crippen LogP contribution in [0, 0.1) is 0 Å². The summed E-state index contributed by atoms with van der Waals surface area (Å²) in [4.78, 5) is 47.3. The second-order valence-corrected chi connectivity index (χ2v) is 10.4. The lowest BCUT2D eigenvalue weighted by molar-refractivity contribution is -0.881. The third-order valence-corrected chi connectivity index (χ3v) is 7.20. The van der Waals surface area contributed by atoms with Gasteiger partial charge >= 0.3 is 0 Å². The number of hydrogen-bond acceptors (Lipinski definition) is 12. The monoisotopic (exact) mass is 527 g/mol. The molecule has 0 aliphatic carbocycles. The number of aromatic nitrogens is 2. The van der Waals surface area contributed by atoms with Crippen molar-refractivity contribution in [3.63, 3.8) is 0 Å². The quantitative estimate of drug-likeness (QED) is 0.107. The lowest BCUT2D eigenvalue weighted by atomic mass is 10.0. The molecule has 1 aromatic heterocycles. The average molecular weight is 528 g/mol. The van der Waals surface area contributed by atoms with Crippen molar-refractivity contribution in [1.82, 2.24) is 19.6 Å². The number of carbonyl (C=O) groups is 3. The highest BCUT2D eigenvalue weighted by Crippen LogP contribution is 2.40. The third-order valence-electron chi connectivity index (χ3n) is 5.15. The lowest BCUT2D eigenvalue weighted by Crippen LogP contribution is -2.71. The predicted octanol–water partition coefficient (Wildman–Crippen LogP) is -1.56. The number of thiol groups is 1. The zero-order valence-electron chi connectivity index (χ0n) is 18.8. The van der Waals surface area contributed by atoms with Gasteiger partial charge in [0, 0.05) is 23.0 Å². The second kappa shape index (κ2) is 10.8. The van der Waals surface area contributed by atoms with E-state index in [1.807, 2.05) is 20.2 Å². The van der Waals surface area contributed by atoms with E-state index in [-0.39, 0.29) is 22.4 Å². The number of nitrogens with two attached hydrogens (primary N) is 1. The Balaban J connectivity index is 1.75. The van der Waals surface area contributed by atoms with Gasteiger partial charge in [0.05, 0.1) is 38.9 Å². The van der Waals surface area contributed by atoms with Crippen LogP contribution in [0.15, 0.2) is 28.6 Å². The van der Waals surface area contributed by atoms with Crippen molar-refractivity contribution in [3.05, 3.63) is 29.2 Å². The van der Waals surface area contributed by atoms with Gasteiger partial charge in [-0.25, -0.2) is 0 Å². The van der Waals surface area contributed by atoms with E-state index >= 15 is 0 Å². The molecule has 3 heterocycles. The molecule has 3 rings (SSSR count). The minimum absolute atomic E-state index is 0.0382. The number of thioether (sulfide) groups is 1. The average Bonchev–Trinajstić information content (AvgIpc) is 3.20. The van der Waals surface area contributed by atoms with Gasteiger partial charge in [0.15, 0.2) is 5.13 Å². The standard InChI is InChI=1S/C19H25N7O5S3/c1-26(2,7-8-32)6-4-5-10-9-33-17-12(16(28)25(17)13(10)18(29)30)21-15(27)11(23-31-3)14-22-19(20)34-24-14/h4-5,12,17H,6-9H2,1-3H3,(H4-,20,21,22,24,27,29,30,32)/b5-4+,23-11-/t12-,17-/m1/s1. The van der Waals surface area contributed by atoms with Crippen molar-refractivity contribution in [2.45, 2.75) is 11.4 Å². The van der Waals surface area contributed by atoms with E-state index in [9.17, 15) is 19.5 Å². The van der Waals surface area contributed by atoms with Crippen molar-refractivity contribution >= 4 is 64.6 Å². The fraction of sp³-hybridized carbons (Fsp3) is 0.474. The smallest absolute Gasteiger partial charge is 0.278 e. The van der Waals surface area contributed by atoms with Gasteiger partial charge < -0.3 is 30.3 Å². The number of allylic oxidation sites excluding steroid dienone is 1. The number of likely N-dealkylation sites (N-methyl/N-ethyl adjacent to an activating group) is 1. The Bertz CT molecular complexity index is 1070. The summed E-state index contributed by atoms with van der Waals surface area (Å²) in [6.07, 6.45) is 3.60. The molecule has 0 spiro atoms. The number of oxime groups is 1. The number of carbonyl (C=O) groups excluding carboxylic acids is 3. The number of quaternary nitrogens is 1. The summed E-state index contributed by atoms with van der Waals surface area (Å²) in [5.74, 6) is -1.73. The molecule has 2 amide bonds. The molecule has 0 saturated carbocycles. The Morgan fingerprint density at radius 1 is 1.47 bits per heavy atom. The normalized spacial score (nSPS) is 20.9. The summed E-state index contributed by atoms with van der Waals surface area (Å²) in [5.41, 5.74) is 5.62. The molecule has 0 radical (unpaired) electrons. The maximum Gasteiger partial charge on any atom is 0.278 e. The minimum Gasteiger partial charge on any atom is -0.543 e. The number of nitrogens with zero attached hydrogens (tertiary/aromatic N) is 5. The Kier molecular flexibility index (Phi) is 8.22. The predicted molar refractivity (Wildman–Crippen MR) is 130 cm³/mol. The van der Waals surface area contributed by atoms with Crippen LogP contribution in [0.25, 0.3) is 0 Å². The van der Waals surface area contributed by atoms with Crippen LogP contribution in [0.4, 0.5) is 5.13 Å². The maximum absolute atomic E-state index is 12.8. The molecule has 0 aromatic carbocycles. The number of carboxylic acids is 1. The van der Waals surface area contributed by atoms with Gasteiger partial charge in [-0.2, -0.15) is 22.0 Å². The molecule has 34 heavy (non-hydrogen) atoms. The number of amides is 2. The number of nitrogens with one attached hydrogen (secondary N) is 1. The number of carboxylic acid groups (broad SMARTS) is 1. The van der Waals surface area contributed by atoms with E-state index in [1.54, 1.807) is 6.08 Å². The van der Waals surface area contributed by atoms with E-state index in [0.717, 1.165) is 28.7 Å². The Morgan fingerprint density at radius 2 is 2.21 bits per heavy atom. The topological polar surface area (TPSA) is 163 Å². The van der Waals surface area contributed by atoms with Gasteiger partial charge in [0.2, 0.25) is 11.5 Å². The molecule has 1 aromatic rings. The Labute approximate surface area is 210 Å². The number of anilines is 1. The van der Waals surface area contributed by atoms with Crippen LogP contribution in [-0.2, 0) is 19.2 Å². The largest absolute Gasteiger partial charge is 0.543 e. The van der Waals surface area contributed by atoms with Crippen molar-refractivity contribution in [2.75, 3.05) is 51.5 Å². The summed E-state index contributed by atoms with van der Waals surface area (Å²) in [6.45, 7) is 1.52. The van der Waals surface area contributed by atoms with Crippen LogP contribution >= 0.6 is 35.9 Å². The summed E-state index contributed by atoms with van der Waals surface area (Å²) in [7, 11) is 5.34. The molecule has 3 N–H and O–H groups in total. The third kappa shape index (κ3) is 5.54. The highest BCUT2D eigenvalue weighted by Gasteiger charge is 2.53. The molecular weight excluding hydrogens is 502 g/mol. The van der Waals surface area contributed by atoms with Crippen molar-refractivity contribution in [1.29, 1.82) is 0 Å². The van der Waals surface area contributed by atoms with Crippen LogP contribution in [0.5, 0.6) is 0 Å². The summed E-state index contributed by atoms with van der Waals surface area (Å²) in [6, 6.07) is -0.957. The van der Waals surface area contributed by atoms with E-state index in [2.05, 4.69) is 32.5 Å². The number of aliphatic carboxylic acids is 1. The molecule has 1 fully saturated rings. The van der Waals surface area contributed by atoms with Gasteiger partial charge in [0.25, 0.3) is 11.8 Å². The molecule has 1 saturated heterocycles. The number of rotatable bonds is 10. The first kappa shape index (κ1) is 26.0. The molecule has 2 aliphatic rings. The molecule has 12 nitrogen and oxygen atoms in total. The lowest BCUT2D eigenvalue weighted by Gasteiger charge is -2.50. The minimum atomic E-state index is -1.45. The van der Waals surface area contributed by atoms with E-state index in [4.69, 9.17) is 10.6 Å². The van der Waals surface area contributed by atoms with Crippen LogP contribution in [-0.4, -0.2) is 99.5 Å². The highest BCUT2D eigenvalue weighted by atomic mass is 32.2. The van der Waals surface area contributed by atoms with Gasteiger partial charge in [-0.15, -0.1) is 11.8 Å². The van der Waals surface area contributed by atoms with E-state index in [1.165, 1.54) is 18.9 Å². The van der Waals surface area contributed by atoms with Gasteiger partial charge in [0.1, 0.15) is 18.5 Å². The van der Waals surface area contributed by atoms with Gasteiger partial charge in [-0.1, -0.05) is 11.2 Å². The molecule has 0 bridgehead atoms. The molecule has 2 aliphatic heterocycles. The fourth-order valence-electron chi connectivity index (χ4n) is 3.42. The van der Waals surface area contributed by atoms with Crippen molar-refractivity contribution in [3.8, 4) is 0 Å². The van der Waals surface area contributed by atoms with E-state index in [0.29, 0.717) is 22.4 Å². The second-order valence-electron chi connectivity index (χ2n) is 8.07. The van der Waals surface area contributed by atoms with E-state index < -0.39 is 29.2 Å². The van der Waals surface area contributed by atoms with Crippen LogP contribution in [0.1, 0.15) is 5.82 Å². The molecule has 15 heteroatoms. The summed E-state index contributed by atoms with van der Waals surface area (Å²) < 4.78 is 4.62. The number of fused-ring (bicyclic) bond motifs is 1. The molecule has 184 valence electrons. The van der Waals surface area contributed by atoms with Gasteiger partial charge in [-0.3, -0.25) is 14.5 Å². The zero-order chi connectivity index (χ0) is 25.0. The summed E-state index contributed by atoms with van der Waals surface area (Å²) in [5, 5.41) is 17.6. The van der Waals surface area contributed by atoms with Crippen LogP contribution in [0.2, 0.25) is 0 Å². The highest BCUT2D eigenvalue weighted by molar-refractivity contribution is 8.00. The summed E-state index contributed by atoms with van der Waals surface area (Å²) >= 11 is 6.48. The zero-order valence-corrected chi connectivity index (χ0v) is 21.3. The first-order valence-corrected chi connectivity index (χ1v) is 12.5. The molecule has 0 unspecified atom stereocenters. The SMILES string of the molecule is CO/N=C(\C(=O)N[C@@H]1C(=O)N2C(C(=O)[O-])=C(/C=C/C[N+](C)(C)CCS)CS[C@H]12)c1nsc(N)n1. The number of nitrogen functional groups attached to an aromatic ring is 1. The van der Waals surface area contributed by atoms with Crippen molar-refractivity contribution in [2.24, 2.45) is 5.16 Å². The van der Waals surface area contributed by atoms with Crippen molar-refractivity contribution < 1.29 is 28.8 Å². The van der Waals surface area contributed by atoms with Crippen LogP contribution < -0.4 is 16.2 Å². The first-order valence-electron chi connectivity index (χ1n) is 10.1. The van der Waals surface area contributed by atoms with Gasteiger partial charge in [-0.05, 0) is 11.6 Å². The van der Waals surface area contributed by atoms with Crippen LogP contribution in [0.3, 0.4) is 0 Å². The Hall–Kier alpha value is -2.62.